The Hall–Kier alpha value is -2.64. The number of amides is 1. The second kappa shape index (κ2) is 10.5. The van der Waals surface area contributed by atoms with Crippen LogP contribution in [0.4, 0.5) is 5.69 Å². The Bertz CT molecular complexity index is 1300. The molecule has 0 saturated carbocycles. The van der Waals surface area contributed by atoms with Gasteiger partial charge in [-0.05, 0) is 55.0 Å². The predicted molar refractivity (Wildman–Crippen MR) is 136 cm³/mol. The van der Waals surface area contributed by atoms with Crippen LogP contribution in [0.1, 0.15) is 5.56 Å². The van der Waals surface area contributed by atoms with Gasteiger partial charge in [-0.15, -0.1) is 10.2 Å². The summed E-state index contributed by atoms with van der Waals surface area (Å²) in [5, 5.41) is 13.8. The molecule has 166 valence electrons. The van der Waals surface area contributed by atoms with E-state index in [-0.39, 0.29) is 11.7 Å². The van der Waals surface area contributed by atoms with Crippen LogP contribution < -0.4 is 5.32 Å². The number of aromatic nitrogens is 3. The first-order valence-corrected chi connectivity index (χ1v) is 12.0. The van der Waals surface area contributed by atoms with Gasteiger partial charge in [-0.25, -0.2) is 4.98 Å². The highest BCUT2D eigenvalue weighted by Crippen LogP contribution is 2.31. The van der Waals surface area contributed by atoms with Crippen LogP contribution in [-0.2, 0) is 4.79 Å². The quantitative estimate of drug-likeness (QED) is 0.275. The van der Waals surface area contributed by atoms with E-state index in [4.69, 9.17) is 39.8 Å². The number of halogens is 3. The Kier molecular flexibility index (Phi) is 7.50. The summed E-state index contributed by atoms with van der Waals surface area (Å²) >= 11 is 19.3. The molecule has 5 nitrogen and oxygen atoms in total. The summed E-state index contributed by atoms with van der Waals surface area (Å²) in [4.78, 5) is 17.1. The lowest BCUT2D eigenvalue weighted by atomic mass is 10.0. The standard InChI is InChI=1S/C24H17Cl3N4OS/c1-14-12-19(10-11-20(14)27)28-21(32)13-33-24-29-22(15-2-6-17(25)7-3-15)23(30-31-24)16-4-8-18(26)9-5-16/h2-12H,13H2,1H3,(H,28,32). The maximum absolute atomic E-state index is 12.4. The highest BCUT2D eigenvalue weighted by atomic mass is 35.5. The third-order valence-corrected chi connectivity index (χ3v) is 6.44. The Morgan fingerprint density at radius 1 is 0.848 bits per heavy atom. The molecule has 0 atom stereocenters. The van der Waals surface area contributed by atoms with Gasteiger partial charge in [0.05, 0.1) is 5.75 Å². The molecule has 1 aromatic heterocycles. The Balaban J connectivity index is 1.56. The van der Waals surface area contributed by atoms with Gasteiger partial charge in [0.15, 0.2) is 0 Å². The van der Waals surface area contributed by atoms with Crippen molar-refractivity contribution in [2.45, 2.75) is 12.1 Å². The number of rotatable bonds is 6. The van der Waals surface area contributed by atoms with E-state index in [0.717, 1.165) is 16.7 Å². The van der Waals surface area contributed by atoms with Crippen molar-refractivity contribution < 1.29 is 4.79 Å². The molecule has 9 heteroatoms. The Morgan fingerprint density at radius 3 is 2.06 bits per heavy atom. The zero-order valence-corrected chi connectivity index (χ0v) is 20.4. The first-order valence-electron chi connectivity index (χ1n) is 9.84. The number of hydrogen-bond acceptors (Lipinski definition) is 5. The van der Waals surface area contributed by atoms with Gasteiger partial charge in [-0.3, -0.25) is 4.79 Å². The molecule has 0 radical (unpaired) electrons. The van der Waals surface area contributed by atoms with Crippen molar-refractivity contribution >= 4 is 58.2 Å². The number of carbonyl (C=O) groups excluding carboxylic acids is 1. The van der Waals surface area contributed by atoms with Gasteiger partial charge in [0.2, 0.25) is 11.1 Å². The summed E-state index contributed by atoms with van der Waals surface area (Å²) in [6.07, 6.45) is 0. The zero-order valence-electron chi connectivity index (χ0n) is 17.3. The van der Waals surface area contributed by atoms with E-state index in [1.165, 1.54) is 11.8 Å². The SMILES string of the molecule is Cc1cc(NC(=O)CSc2nnc(-c3ccc(Cl)cc3)c(-c3ccc(Cl)cc3)n2)ccc1Cl. The number of anilines is 1. The molecule has 1 heterocycles. The highest BCUT2D eigenvalue weighted by molar-refractivity contribution is 7.99. The van der Waals surface area contributed by atoms with Crippen molar-refractivity contribution in [2.24, 2.45) is 0 Å². The third kappa shape index (κ3) is 6.03. The van der Waals surface area contributed by atoms with Crippen molar-refractivity contribution in [1.82, 2.24) is 15.2 Å². The van der Waals surface area contributed by atoms with E-state index >= 15 is 0 Å². The fourth-order valence-corrected chi connectivity index (χ4v) is 3.99. The molecule has 4 aromatic rings. The van der Waals surface area contributed by atoms with Crippen LogP contribution in [0.15, 0.2) is 71.9 Å². The number of aryl methyl sites for hydroxylation is 1. The van der Waals surface area contributed by atoms with E-state index in [1.54, 1.807) is 36.4 Å². The maximum Gasteiger partial charge on any atom is 0.234 e. The van der Waals surface area contributed by atoms with Crippen LogP contribution in [0, 0.1) is 6.92 Å². The summed E-state index contributed by atoms with van der Waals surface area (Å²) in [5.74, 6) is -0.0517. The lowest BCUT2D eigenvalue weighted by molar-refractivity contribution is -0.113. The van der Waals surface area contributed by atoms with Gasteiger partial charge in [0.25, 0.3) is 0 Å². The number of nitrogens with zero attached hydrogens (tertiary/aromatic N) is 3. The molecule has 0 spiro atoms. The molecule has 0 aliphatic carbocycles. The molecule has 0 aliphatic rings. The molecule has 0 unspecified atom stereocenters. The largest absolute Gasteiger partial charge is 0.325 e. The molecule has 3 aromatic carbocycles. The molecular weight excluding hydrogens is 499 g/mol. The first kappa shape index (κ1) is 23.5. The predicted octanol–water partition coefficient (Wildman–Crippen LogP) is 7.21. The lowest BCUT2D eigenvalue weighted by Crippen LogP contribution is -2.14. The molecular formula is C24H17Cl3N4OS. The van der Waals surface area contributed by atoms with Crippen LogP contribution in [0.2, 0.25) is 15.1 Å². The van der Waals surface area contributed by atoms with Crippen LogP contribution in [0.3, 0.4) is 0 Å². The average Bonchev–Trinajstić information content (AvgIpc) is 2.81. The summed E-state index contributed by atoms with van der Waals surface area (Å²) in [6.45, 7) is 1.88. The van der Waals surface area contributed by atoms with Crippen molar-refractivity contribution in [2.75, 3.05) is 11.1 Å². The van der Waals surface area contributed by atoms with Gasteiger partial charge in [-0.2, -0.15) is 0 Å². The highest BCUT2D eigenvalue weighted by Gasteiger charge is 2.15. The molecule has 4 rings (SSSR count). The summed E-state index contributed by atoms with van der Waals surface area (Å²) in [6, 6.07) is 20.0. The molecule has 0 bridgehead atoms. The van der Waals surface area contributed by atoms with Crippen LogP contribution in [-0.4, -0.2) is 26.8 Å². The van der Waals surface area contributed by atoms with Crippen LogP contribution in [0.5, 0.6) is 0 Å². The maximum atomic E-state index is 12.4. The number of benzene rings is 3. The number of nitrogens with one attached hydrogen (secondary N) is 1. The fraction of sp³-hybridized carbons (Fsp3) is 0.0833. The molecule has 1 N–H and O–H groups in total. The second-order valence-corrected chi connectivity index (χ2v) is 9.33. The van der Waals surface area contributed by atoms with Gasteiger partial charge in [-0.1, -0.05) is 70.8 Å². The molecule has 0 saturated heterocycles. The van der Waals surface area contributed by atoms with Crippen molar-refractivity contribution in [3.63, 3.8) is 0 Å². The van der Waals surface area contributed by atoms with E-state index in [1.807, 2.05) is 37.3 Å². The summed E-state index contributed by atoms with van der Waals surface area (Å²) in [5.41, 5.74) is 4.49. The van der Waals surface area contributed by atoms with Gasteiger partial charge < -0.3 is 5.32 Å². The van der Waals surface area contributed by atoms with Crippen LogP contribution in [0.25, 0.3) is 22.5 Å². The Morgan fingerprint density at radius 2 is 1.45 bits per heavy atom. The minimum Gasteiger partial charge on any atom is -0.325 e. The molecule has 0 aliphatic heterocycles. The summed E-state index contributed by atoms with van der Waals surface area (Å²) < 4.78 is 0. The molecule has 33 heavy (non-hydrogen) atoms. The van der Waals surface area contributed by atoms with E-state index in [0.29, 0.717) is 37.3 Å². The first-order chi connectivity index (χ1) is 15.9. The minimum absolute atomic E-state index is 0.129. The zero-order chi connectivity index (χ0) is 23.4. The number of carbonyl (C=O) groups is 1. The normalized spacial score (nSPS) is 10.8. The lowest BCUT2D eigenvalue weighted by Gasteiger charge is -2.10. The smallest absolute Gasteiger partial charge is 0.234 e. The third-order valence-electron chi connectivity index (χ3n) is 4.68. The minimum atomic E-state index is -0.180. The van der Waals surface area contributed by atoms with Crippen LogP contribution >= 0.6 is 46.6 Å². The van der Waals surface area contributed by atoms with Crippen molar-refractivity contribution in [3.8, 4) is 22.5 Å². The van der Waals surface area contributed by atoms with E-state index < -0.39 is 0 Å². The van der Waals surface area contributed by atoms with Gasteiger partial charge in [0.1, 0.15) is 11.4 Å². The average molecular weight is 516 g/mol. The topological polar surface area (TPSA) is 67.8 Å². The Labute approximate surface area is 210 Å². The monoisotopic (exact) mass is 514 g/mol. The van der Waals surface area contributed by atoms with Crippen molar-refractivity contribution in [1.29, 1.82) is 0 Å². The fourth-order valence-electron chi connectivity index (χ4n) is 3.03. The molecule has 1 amide bonds. The van der Waals surface area contributed by atoms with E-state index in [2.05, 4.69) is 15.5 Å². The number of thioether (sulfide) groups is 1. The van der Waals surface area contributed by atoms with Crippen molar-refractivity contribution in [3.05, 3.63) is 87.4 Å². The van der Waals surface area contributed by atoms with Gasteiger partial charge in [0, 0.05) is 31.9 Å². The number of hydrogen-bond donors (Lipinski definition) is 1. The molecule has 0 fully saturated rings. The second-order valence-electron chi connectivity index (χ2n) is 7.11. The summed E-state index contributed by atoms with van der Waals surface area (Å²) in [7, 11) is 0. The van der Waals surface area contributed by atoms with E-state index in [9.17, 15) is 4.79 Å². The van der Waals surface area contributed by atoms with Gasteiger partial charge >= 0.3 is 0 Å².